The van der Waals surface area contributed by atoms with E-state index < -0.39 is 30.6 Å². The lowest BCUT2D eigenvalue weighted by Crippen LogP contribution is -2.16. The van der Waals surface area contributed by atoms with Gasteiger partial charge in [-0.3, -0.25) is 0 Å². The van der Waals surface area contributed by atoms with Crippen LogP contribution in [0.15, 0.2) is 24.3 Å². The third-order valence-electron chi connectivity index (χ3n) is 1.63. The number of halogens is 3. The van der Waals surface area contributed by atoms with Crippen molar-refractivity contribution in [1.29, 1.82) is 0 Å². The van der Waals surface area contributed by atoms with Crippen LogP contribution in [0.4, 0.5) is 7.77 Å². The molecular weight excluding hydrogens is 377 g/mol. The summed E-state index contributed by atoms with van der Waals surface area (Å²) in [5.74, 6) is 0. The van der Waals surface area contributed by atoms with Crippen LogP contribution in [-0.4, -0.2) is 16.8 Å². The number of hydrogen-bond donors (Lipinski definition) is 0. The number of rotatable bonds is 3. The van der Waals surface area contributed by atoms with Crippen LogP contribution < -0.4 is 0 Å². The Labute approximate surface area is 105 Å². The molecule has 0 amide bonds. The summed E-state index contributed by atoms with van der Waals surface area (Å²) >= 11 is 1.76. The lowest BCUT2D eigenvalue weighted by atomic mass is 10.2. The Bertz CT molecular complexity index is 565. The van der Waals surface area contributed by atoms with Crippen molar-refractivity contribution < 1.29 is 24.6 Å². The summed E-state index contributed by atoms with van der Waals surface area (Å²) in [7, 11) is -11.1. The van der Waals surface area contributed by atoms with Crippen molar-refractivity contribution in [2.24, 2.45) is 0 Å². The molecule has 0 bridgehead atoms. The first-order valence-electron chi connectivity index (χ1n) is 3.75. The number of benzene rings is 1. The van der Waals surface area contributed by atoms with Gasteiger partial charge in [0.05, 0.1) is 0 Å². The van der Waals surface area contributed by atoms with Crippen LogP contribution >= 0.6 is 22.6 Å². The Morgan fingerprint density at radius 3 is 1.94 bits per heavy atom. The maximum absolute atomic E-state index is 12.7. The Hall–Kier alpha value is -0.290. The molecule has 0 saturated carbocycles. The van der Waals surface area contributed by atoms with Crippen LogP contribution in [-0.2, 0) is 20.4 Å². The molecule has 0 aliphatic rings. The second-order valence-electron chi connectivity index (χ2n) is 2.84. The van der Waals surface area contributed by atoms with Gasteiger partial charge >= 0.3 is 20.4 Å². The van der Waals surface area contributed by atoms with Crippen LogP contribution in [0.2, 0.25) is 0 Å². The first kappa shape index (κ1) is 13.8. The van der Waals surface area contributed by atoms with Gasteiger partial charge in [0.1, 0.15) is 0 Å². The van der Waals surface area contributed by atoms with Crippen molar-refractivity contribution in [2.45, 2.75) is 4.58 Å². The van der Waals surface area contributed by atoms with Gasteiger partial charge in [-0.15, -0.1) is 7.77 Å². The first-order chi connectivity index (χ1) is 7.12. The number of hydrogen-bond acceptors (Lipinski definition) is 4. The van der Waals surface area contributed by atoms with E-state index in [1.54, 1.807) is 22.6 Å². The summed E-state index contributed by atoms with van der Waals surface area (Å²) in [4.78, 5) is 0. The minimum absolute atomic E-state index is 0.461. The van der Waals surface area contributed by atoms with Crippen LogP contribution in [0.5, 0.6) is 0 Å². The molecule has 1 aromatic rings. The predicted octanol–water partition coefficient (Wildman–Crippen LogP) is 1.89. The van der Waals surface area contributed by atoms with E-state index in [2.05, 4.69) is 0 Å². The normalized spacial score (nSPS) is 13.0. The lowest BCUT2D eigenvalue weighted by Gasteiger charge is -2.08. The average molecular weight is 382 g/mol. The second-order valence-corrected chi connectivity index (χ2v) is 7.23. The van der Waals surface area contributed by atoms with Crippen molar-refractivity contribution in [3.8, 4) is 0 Å². The lowest BCUT2D eigenvalue weighted by molar-refractivity contribution is 0.527. The molecule has 16 heavy (non-hydrogen) atoms. The topological polar surface area (TPSA) is 68.3 Å². The molecule has 1 aromatic carbocycles. The van der Waals surface area contributed by atoms with Crippen molar-refractivity contribution in [2.75, 3.05) is 0 Å². The maximum Gasteiger partial charge on any atom is 0.326 e. The van der Waals surface area contributed by atoms with Gasteiger partial charge in [0.2, 0.25) is 4.58 Å². The van der Waals surface area contributed by atoms with Gasteiger partial charge in [0.15, 0.2) is 0 Å². The molecule has 90 valence electrons. The summed E-state index contributed by atoms with van der Waals surface area (Å²) < 4.78 is 65.5. The van der Waals surface area contributed by atoms with E-state index in [1.807, 2.05) is 0 Å². The Morgan fingerprint density at radius 1 is 1.06 bits per heavy atom. The minimum atomic E-state index is -5.56. The monoisotopic (exact) mass is 382 g/mol. The zero-order chi connectivity index (χ0) is 12.6. The molecule has 0 atom stereocenters. The molecule has 4 nitrogen and oxygen atoms in total. The fourth-order valence-corrected chi connectivity index (χ4v) is 3.72. The zero-order valence-electron chi connectivity index (χ0n) is 7.47. The highest BCUT2D eigenvalue weighted by molar-refractivity contribution is 14.1. The standard InChI is InChI=1S/C7H5F2IO4S2/c8-15(11,12)7(16(9,13)14)5-2-1-3-6(10)4-5/h1-4,7H. The van der Waals surface area contributed by atoms with Gasteiger partial charge in [-0.05, 0) is 40.3 Å². The fourth-order valence-electron chi connectivity index (χ4n) is 1.12. The molecule has 9 heteroatoms. The van der Waals surface area contributed by atoms with Crippen LogP contribution in [0, 0.1) is 3.57 Å². The van der Waals surface area contributed by atoms with E-state index in [0.717, 1.165) is 12.1 Å². The predicted molar refractivity (Wildman–Crippen MR) is 62.0 cm³/mol. The quantitative estimate of drug-likeness (QED) is 0.592. The fraction of sp³-hybridized carbons (Fsp3) is 0.143. The van der Waals surface area contributed by atoms with E-state index in [0.29, 0.717) is 3.57 Å². The molecule has 0 aromatic heterocycles. The van der Waals surface area contributed by atoms with Gasteiger partial charge in [-0.1, -0.05) is 12.1 Å². The highest BCUT2D eigenvalue weighted by Gasteiger charge is 2.40. The van der Waals surface area contributed by atoms with Gasteiger partial charge in [0.25, 0.3) is 0 Å². The van der Waals surface area contributed by atoms with Gasteiger partial charge < -0.3 is 0 Å². The molecule has 0 N–H and O–H groups in total. The molecule has 0 fully saturated rings. The summed E-state index contributed by atoms with van der Waals surface area (Å²) in [6.07, 6.45) is 0. The van der Waals surface area contributed by atoms with E-state index in [1.165, 1.54) is 12.1 Å². The maximum atomic E-state index is 12.7. The third kappa shape index (κ3) is 3.35. The SMILES string of the molecule is O=S(=O)(F)C(c1cccc(I)c1)S(=O)(=O)F. The van der Waals surface area contributed by atoms with Crippen molar-refractivity contribution in [3.05, 3.63) is 33.4 Å². The molecule has 0 radical (unpaired) electrons. The average Bonchev–Trinajstić information content (AvgIpc) is 1.97. The van der Waals surface area contributed by atoms with Gasteiger partial charge in [-0.2, -0.15) is 16.8 Å². The zero-order valence-corrected chi connectivity index (χ0v) is 11.3. The van der Waals surface area contributed by atoms with Crippen LogP contribution in [0.25, 0.3) is 0 Å². The highest BCUT2D eigenvalue weighted by atomic mass is 127. The third-order valence-corrected chi connectivity index (χ3v) is 5.25. The molecule has 0 unspecified atom stereocenters. The van der Waals surface area contributed by atoms with Crippen LogP contribution in [0.3, 0.4) is 0 Å². The molecule has 0 heterocycles. The van der Waals surface area contributed by atoms with Crippen molar-refractivity contribution in [1.82, 2.24) is 0 Å². The summed E-state index contributed by atoms with van der Waals surface area (Å²) in [5, 5.41) is 0. The smallest absolute Gasteiger partial charge is 0.193 e. The molecule has 0 aliphatic carbocycles. The Kier molecular flexibility index (Phi) is 3.90. The highest BCUT2D eigenvalue weighted by Crippen LogP contribution is 2.31. The Balaban J connectivity index is 3.47. The largest absolute Gasteiger partial charge is 0.326 e. The Morgan fingerprint density at radius 2 is 1.56 bits per heavy atom. The minimum Gasteiger partial charge on any atom is -0.193 e. The van der Waals surface area contributed by atoms with E-state index >= 15 is 0 Å². The molecule has 1 rings (SSSR count). The molecule has 0 aliphatic heterocycles. The van der Waals surface area contributed by atoms with Crippen molar-refractivity contribution in [3.63, 3.8) is 0 Å². The summed E-state index contributed by atoms with van der Waals surface area (Å²) in [5.41, 5.74) is -0.461. The summed E-state index contributed by atoms with van der Waals surface area (Å²) in [6, 6.07) is 4.94. The second kappa shape index (κ2) is 4.53. The van der Waals surface area contributed by atoms with Crippen molar-refractivity contribution >= 4 is 43.0 Å². The van der Waals surface area contributed by atoms with Gasteiger partial charge in [-0.25, -0.2) is 0 Å². The van der Waals surface area contributed by atoms with Gasteiger partial charge in [0, 0.05) is 3.57 Å². The van der Waals surface area contributed by atoms with E-state index in [9.17, 15) is 24.6 Å². The molecular formula is C7H5F2IO4S2. The summed E-state index contributed by atoms with van der Waals surface area (Å²) in [6.45, 7) is 0. The first-order valence-corrected chi connectivity index (χ1v) is 7.72. The van der Waals surface area contributed by atoms with E-state index in [-0.39, 0.29) is 0 Å². The van der Waals surface area contributed by atoms with Crippen LogP contribution in [0.1, 0.15) is 10.1 Å². The molecule has 0 saturated heterocycles. The van der Waals surface area contributed by atoms with E-state index in [4.69, 9.17) is 0 Å². The molecule has 0 spiro atoms.